The van der Waals surface area contributed by atoms with Gasteiger partial charge < -0.3 is 21.3 Å². The zero-order valence-corrected chi connectivity index (χ0v) is 31.0. The van der Waals surface area contributed by atoms with E-state index in [0.29, 0.717) is 48.4 Å². The van der Waals surface area contributed by atoms with Crippen molar-refractivity contribution in [2.75, 3.05) is 20.4 Å². The van der Waals surface area contributed by atoms with Gasteiger partial charge in [-0.1, -0.05) is 61.0 Å². The molecule has 4 N–H and O–H groups in total. The van der Waals surface area contributed by atoms with Crippen LogP contribution in [0, 0.1) is 0 Å². The first-order chi connectivity index (χ1) is 26.5. The molecule has 0 atom stereocenters. The molecule has 2 aromatic carbocycles. The van der Waals surface area contributed by atoms with E-state index in [1.807, 2.05) is 0 Å². The van der Waals surface area contributed by atoms with Crippen LogP contribution in [0.4, 0.5) is 32.3 Å². The van der Waals surface area contributed by atoms with E-state index in [-0.39, 0.29) is 45.1 Å². The van der Waals surface area contributed by atoms with Gasteiger partial charge in [-0.15, -0.1) is 0 Å². The third-order valence-electron chi connectivity index (χ3n) is 10.2. The van der Waals surface area contributed by atoms with Crippen molar-refractivity contribution in [3.8, 4) is 0 Å². The Morgan fingerprint density at radius 3 is 1.35 bits per heavy atom. The standard InChI is InChI=1S/C21H21ClN4O3.C18H15ClN4O3/c22-15-13-14(24-18(27)16-7-3-6-12-23-16)8-9-17(15)26-19(28)21(25-20(26)29)10-4-1-2-5-11-21;19-12-10-11(21-15(24)13-4-1-2-9-20-13)5-6-14(12)23-16(25)18(7-3-8-18)22-17(23)26/h3,6-9,12-13H,1-2,4-5,10-11H2,(H,24,27)(H,25,29);1-2,4-6,9-10H,3,7-8H2,(H,21,24)(H,22,26). The van der Waals surface area contributed by atoms with Crippen LogP contribution in [-0.2, 0) is 9.59 Å². The summed E-state index contributed by atoms with van der Waals surface area (Å²) >= 11 is 12.7. The number of aromatic nitrogens is 2. The number of hydrogen-bond acceptors (Lipinski definition) is 8. The van der Waals surface area contributed by atoms with Gasteiger partial charge in [0.25, 0.3) is 23.6 Å². The summed E-state index contributed by atoms with van der Waals surface area (Å²) in [5, 5.41) is 11.5. The number of anilines is 4. The van der Waals surface area contributed by atoms with E-state index >= 15 is 0 Å². The number of halogens is 2. The summed E-state index contributed by atoms with van der Waals surface area (Å²) in [7, 11) is 0. The summed E-state index contributed by atoms with van der Waals surface area (Å²) in [6.07, 6.45) is 10.5. The fraction of sp³-hybridized carbons (Fsp3) is 0.282. The zero-order valence-electron chi connectivity index (χ0n) is 29.4. The fourth-order valence-corrected chi connectivity index (χ4v) is 7.66. The van der Waals surface area contributed by atoms with E-state index < -0.39 is 23.1 Å². The number of carbonyl (C=O) groups excluding carboxylic acids is 6. The van der Waals surface area contributed by atoms with Crippen LogP contribution in [0.15, 0.2) is 85.2 Å². The molecule has 2 aliphatic heterocycles. The van der Waals surface area contributed by atoms with Crippen LogP contribution in [0.25, 0.3) is 0 Å². The Hall–Kier alpha value is -5.86. The lowest BCUT2D eigenvalue weighted by atomic mass is 9.77. The summed E-state index contributed by atoms with van der Waals surface area (Å²) in [4.78, 5) is 85.3. The molecule has 2 aromatic heterocycles. The molecular weight excluding hydrogens is 747 g/mol. The second-order valence-electron chi connectivity index (χ2n) is 13.7. The third kappa shape index (κ3) is 7.47. The number of rotatable bonds is 6. The minimum Gasteiger partial charge on any atom is -0.323 e. The normalized spacial score (nSPS) is 18.1. The molecule has 4 heterocycles. The number of imide groups is 2. The van der Waals surface area contributed by atoms with Gasteiger partial charge in [-0.05, 0) is 92.8 Å². The highest BCUT2D eigenvalue weighted by Gasteiger charge is 2.55. The van der Waals surface area contributed by atoms with E-state index in [4.69, 9.17) is 23.2 Å². The second kappa shape index (κ2) is 15.5. The SMILES string of the molecule is O=C(Nc1ccc(N2C(=O)NC3(CCC3)C2=O)c(Cl)c1)c1ccccn1.O=C(Nc1ccc(N2C(=O)NC3(CCCCCC3)C2=O)c(Cl)c1)c1ccccn1. The highest BCUT2D eigenvalue weighted by Crippen LogP contribution is 2.41. The van der Waals surface area contributed by atoms with Crippen LogP contribution in [0.3, 0.4) is 0 Å². The number of carbonyl (C=O) groups is 6. The van der Waals surface area contributed by atoms with Gasteiger partial charge in [0.1, 0.15) is 22.5 Å². The van der Waals surface area contributed by atoms with Gasteiger partial charge in [-0.25, -0.2) is 19.4 Å². The van der Waals surface area contributed by atoms with E-state index in [2.05, 4.69) is 31.2 Å². The summed E-state index contributed by atoms with van der Waals surface area (Å²) in [6, 6.07) is 18.5. The summed E-state index contributed by atoms with van der Waals surface area (Å²) < 4.78 is 0. The average Bonchev–Trinajstić information content (AvgIpc) is 3.42. The number of nitrogens with one attached hydrogen (secondary N) is 4. The van der Waals surface area contributed by atoms with Crippen molar-refractivity contribution < 1.29 is 28.8 Å². The largest absolute Gasteiger partial charge is 0.329 e. The van der Waals surface area contributed by atoms with Crippen LogP contribution >= 0.6 is 23.2 Å². The maximum absolute atomic E-state index is 13.2. The van der Waals surface area contributed by atoms with Crippen LogP contribution in [0.1, 0.15) is 78.8 Å². The first kappa shape index (κ1) is 37.5. The van der Waals surface area contributed by atoms with Crippen molar-refractivity contribution in [3.63, 3.8) is 0 Å². The van der Waals surface area contributed by atoms with Crippen LogP contribution in [0.2, 0.25) is 10.0 Å². The Kier molecular flexibility index (Phi) is 10.5. The molecule has 8 rings (SSSR count). The first-order valence-electron chi connectivity index (χ1n) is 17.9. The number of urea groups is 2. The lowest BCUT2D eigenvalue weighted by molar-refractivity contribution is -0.125. The van der Waals surface area contributed by atoms with Crippen LogP contribution in [-0.4, -0.2) is 56.7 Å². The Balaban J connectivity index is 0.000000170. The Bertz CT molecular complexity index is 2180. The molecule has 4 aromatic rings. The third-order valence-corrected chi connectivity index (χ3v) is 10.8. The number of nitrogens with zero attached hydrogens (tertiary/aromatic N) is 4. The number of pyridine rings is 2. The van der Waals surface area contributed by atoms with Crippen LogP contribution in [0.5, 0.6) is 0 Å². The van der Waals surface area contributed by atoms with Gasteiger partial charge in [0.15, 0.2) is 0 Å². The molecule has 0 unspecified atom stereocenters. The van der Waals surface area contributed by atoms with Gasteiger partial charge in [-0.3, -0.25) is 29.1 Å². The molecule has 0 bridgehead atoms. The molecule has 2 saturated heterocycles. The maximum atomic E-state index is 13.2. The Morgan fingerprint density at radius 2 is 1.00 bits per heavy atom. The average molecular weight is 784 g/mol. The van der Waals surface area contributed by atoms with E-state index in [1.54, 1.807) is 60.7 Å². The molecule has 16 heteroatoms. The minimum atomic E-state index is -0.831. The molecule has 282 valence electrons. The van der Waals surface area contributed by atoms with Gasteiger partial charge >= 0.3 is 12.1 Å². The molecule has 0 radical (unpaired) electrons. The Morgan fingerprint density at radius 1 is 0.582 bits per heavy atom. The lowest BCUT2D eigenvalue weighted by Crippen LogP contribution is -2.52. The number of benzene rings is 2. The van der Waals surface area contributed by atoms with Crippen molar-refractivity contribution in [1.29, 1.82) is 0 Å². The predicted molar refractivity (Wildman–Crippen MR) is 206 cm³/mol. The summed E-state index contributed by atoms with van der Waals surface area (Å²) in [6.45, 7) is 0. The first-order valence-corrected chi connectivity index (χ1v) is 18.6. The molecule has 4 fully saturated rings. The van der Waals surface area contributed by atoms with Gasteiger partial charge in [0.05, 0.1) is 21.4 Å². The molecule has 55 heavy (non-hydrogen) atoms. The number of hydrogen-bond donors (Lipinski definition) is 4. The van der Waals surface area contributed by atoms with E-state index in [9.17, 15) is 28.8 Å². The van der Waals surface area contributed by atoms with E-state index in [0.717, 1.165) is 41.9 Å². The van der Waals surface area contributed by atoms with Crippen molar-refractivity contribution >= 4 is 81.6 Å². The molecule has 4 aliphatic rings. The monoisotopic (exact) mass is 782 g/mol. The van der Waals surface area contributed by atoms with Gasteiger partial charge in [-0.2, -0.15) is 0 Å². The molecular formula is C39H36Cl2N8O6. The van der Waals surface area contributed by atoms with Gasteiger partial charge in [0.2, 0.25) is 0 Å². The molecule has 2 aliphatic carbocycles. The topological polar surface area (TPSA) is 183 Å². The zero-order chi connectivity index (χ0) is 38.7. The molecule has 2 saturated carbocycles. The van der Waals surface area contributed by atoms with Crippen molar-refractivity contribution in [3.05, 3.63) is 107 Å². The smallest absolute Gasteiger partial charge is 0.323 e. The van der Waals surface area contributed by atoms with E-state index in [1.165, 1.54) is 24.5 Å². The maximum Gasteiger partial charge on any atom is 0.329 e. The van der Waals surface area contributed by atoms with Crippen molar-refractivity contribution in [2.24, 2.45) is 0 Å². The Labute approximate surface area is 326 Å². The van der Waals surface area contributed by atoms with Crippen molar-refractivity contribution in [1.82, 2.24) is 20.6 Å². The predicted octanol–water partition coefficient (Wildman–Crippen LogP) is 7.10. The minimum absolute atomic E-state index is 0.198. The molecule has 8 amide bonds. The highest BCUT2D eigenvalue weighted by molar-refractivity contribution is 6.37. The fourth-order valence-electron chi connectivity index (χ4n) is 7.13. The summed E-state index contributed by atoms with van der Waals surface area (Å²) in [5.74, 6) is -1.28. The highest BCUT2D eigenvalue weighted by atomic mass is 35.5. The number of amides is 8. The summed E-state index contributed by atoms with van der Waals surface area (Å²) in [5.41, 5.74) is 0.450. The van der Waals surface area contributed by atoms with Crippen LogP contribution < -0.4 is 31.1 Å². The van der Waals surface area contributed by atoms with Gasteiger partial charge in [0, 0.05) is 23.8 Å². The molecule has 14 nitrogen and oxygen atoms in total. The molecule has 2 spiro atoms. The lowest BCUT2D eigenvalue weighted by Gasteiger charge is -2.34. The quantitative estimate of drug-likeness (QED) is 0.149. The second-order valence-corrected chi connectivity index (χ2v) is 14.6. The van der Waals surface area contributed by atoms with Crippen molar-refractivity contribution in [2.45, 2.75) is 68.9 Å².